The number of carbonyl (C=O) groups excluding carboxylic acids is 1. The highest BCUT2D eigenvalue weighted by molar-refractivity contribution is 5.73. The first-order valence-electron chi connectivity index (χ1n) is 10.3. The van der Waals surface area contributed by atoms with Crippen LogP contribution < -0.4 is 14.8 Å². The van der Waals surface area contributed by atoms with E-state index in [0.717, 1.165) is 34.9 Å². The summed E-state index contributed by atoms with van der Waals surface area (Å²) in [5, 5.41) is 10.6. The Hall–Kier alpha value is -3.39. The molecule has 0 unspecified atom stereocenters. The maximum atomic E-state index is 11.7. The Kier molecular flexibility index (Phi) is 6.18. The van der Waals surface area contributed by atoms with Gasteiger partial charge in [0, 0.05) is 43.2 Å². The molecule has 0 saturated carbocycles. The molecule has 2 N–H and O–H groups in total. The van der Waals surface area contributed by atoms with Crippen LogP contribution in [0.2, 0.25) is 0 Å². The number of ether oxygens (including phenoxy) is 2. The normalized spacial score (nSPS) is 18.7. The van der Waals surface area contributed by atoms with Crippen molar-refractivity contribution in [2.24, 2.45) is 0 Å². The van der Waals surface area contributed by atoms with Crippen LogP contribution in [-0.2, 0) is 11.3 Å². The second kappa shape index (κ2) is 9.18. The third-order valence-electron chi connectivity index (χ3n) is 5.53. The van der Waals surface area contributed by atoms with Crippen molar-refractivity contribution < 1.29 is 14.3 Å². The van der Waals surface area contributed by atoms with Crippen molar-refractivity contribution in [3.8, 4) is 22.9 Å². The van der Waals surface area contributed by atoms with Crippen LogP contribution >= 0.6 is 0 Å². The van der Waals surface area contributed by atoms with Crippen molar-refractivity contribution in [2.45, 2.75) is 32.0 Å². The minimum Gasteiger partial charge on any atom is -0.497 e. The van der Waals surface area contributed by atoms with Gasteiger partial charge in [-0.2, -0.15) is 5.10 Å². The van der Waals surface area contributed by atoms with Gasteiger partial charge < -0.3 is 14.8 Å². The lowest BCUT2D eigenvalue weighted by Crippen LogP contribution is -2.35. The van der Waals surface area contributed by atoms with Crippen LogP contribution in [-0.4, -0.2) is 52.8 Å². The fourth-order valence-corrected chi connectivity index (χ4v) is 4.10. The molecule has 8 heteroatoms. The van der Waals surface area contributed by atoms with E-state index < -0.39 is 0 Å². The summed E-state index contributed by atoms with van der Waals surface area (Å²) in [5.74, 6) is 2.94. The number of amides is 1. The van der Waals surface area contributed by atoms with E-state index in [4.69, 9.17) is 14.5 Å². The molecule has 0 aliphatic carbocycles. The van der Waals surface area contributed by atoms with Crippen LogP contribution in [0.4, 0.5) is 0 Å². The van der Waals surface area contributed by atoms with Gasteiger partial charge in [-0.3, -0.25) is 14.8 Å². The maximum Gasteiger partial charge on any atom is 0.217 e. The number of carbonyl (C=O) groups is 1. The number of nitrogens with one attached hydrogen (secondary N) is 2. The highest BCUT2D eigenvalue weighted by Gasteiger charge is 2.36. The number of hydrogen-bond donors (Lipinski definition) is 2. The van der Waals surface area contributed by atoms with Crippen LogP contribution in [0, 0.1) is 0 Å². The molecule has 3 aromatic rings. The number of H-pyrrole nitrogens is 1. The van der Waals surface area contributed by atoms with Crippen LogP contribution in [0.25, 0.3) is 11.4 Å². The number of nitrogens with zero attached hydrogens (tertiary/aromatic N) is 3. The van der Waals surface area contributed by atoms with E-state index in [0.29, 0.717) is 18.9 Å². The average Bonchev–Trinajstić information content (AvgIpc) is 3.41. The topological polar surface area (TPSA) is 92.4 Å². The molecule has 4 rings (SSSR count). The Morgan fingerprint density at radius 3 is 2.71 bits per heavy atom. The molecule has 1 fully saturated rings. The first-order valence-corrected chi connectivity index (χ1v) is 10.3. The monoisotopic (exact) mass is 421 g/mol. The lowest BCUT2D eigenvalue weighted by Gasteiger charge is -2.23. The fraction of sp³-hybridized carbons (Fsp3) is 0.348. The summed E-state index contributed by atoms with van der Waals surface area (Å²) in [6.07, 6.45) is 0.751. The average molecular weight is 422 g/mol. The second-order valence-electron chi connectivity index (χ2n) is 7.67. The largest absolute Gasteiger partial charge is 0.497 e. The van der Waals surface area contributed by atoms with Crippen LogP contribution in [0.5, 0.6) is 11.5 Å². The Morgan fingerprint density at radius 2 is 2.00 bits per heavy atom. The number of benzene rings is 2. The van der Waals surface area contributed by atoms with E-state index in [2.05, 4.69) is 20.4 Å². The first-order chi connectivity index (χ1) is 15.1. The molecule has 0 radical (unpaired) electrons. The number of aromatic amines is 1. The number of hydrogen-bond acceptors (Lipinski definition) is 6. The van der Waals surface area contributed by atoms with Gasteiger partial charge in [-0.25, -0.2) is 4.98 Å². The van der Waals surface area contributed by atoms with Crippen molar-refractivity contribution in [2.75, 3.05) is 20.8 Å². The molecule has 162 valence electrons. The zero-order valence-corrected chi connectivity index (χ0v) is 18.0. The molecule has 2 atom stereocenters. The molecule has 2 heterocycles. The molecule has 0 bridgehead atoms. The molecule has 1 saturated heterocycles. The van der Waals surface area contributed by atoms with E-state index in [1.807, 2.05) is 48.5 Å². The van der Waals surface area contributed by atoms with E-state index in [1.165, 1.54) is 0 Å². The SMILES string of the molecule is COc1ccc(CN2C[C@@H](NC(C)=O)C[C@H]2c2nc(-c3ccccc3)n[nH]2)c(OC)c1. The number of rotatable bonds is 7. The molecule has 31 heavy (non-hydrogen) atoms. The smallest absolute Gasteiger partial charge is 0.217 e. The van der Waals surface area contributed by atoms with Crippen molar-refractivity contribution in [3.63, 3.8) is 0 Å². The van der Waals surface area contributed by atoms with Crippen molar-refractivity contribution >= 4 is 5.91 Å². The van der Waals surface area contributed by atoms with Crippen LogP contribution in [0.1, 0.15) is 30.8 Å². The number of likely N-dealkylation sites (tertiary alicyclic amines) is 1. The van der Waals surface area contributed by atoms with Gasteiger partial charge >= 0.3 is 0 Å². The summed E-state index contributed by atoms with van der Waals surface area (Å²) >= 11 is 0. The molecule has 1 aliphatic rings. The van der Waals surface area contributed by atoms with E-state index >= 15 is 0 Å². The minimum absolute atomic E-state index is 0.00591. The van der Waals surface area contributed by atoms with Gasteiger partial charge in [0.1, 0.15) is 17.3 Å². The van der Waals surface area contributed by atoms with Gasteiger partial charge in [-0.05, 0) is 12.5 Å². The quantitative estimate of drug-likeness (QED) is 0.609. The molecular weight excluding hydrogens is 394 g/mol. The lowest BCUT2D eigenvalue weighted by atomic mass is 10.1. The standard InChI is InChI=1S/C23H27N5O3/c1-15(29)24-18-11-20(23-25-22(26-27-23)16-7-5-4-6-8-16)28(14-18)13-17-9-10-19(30-2)12-21(17)31-3/h4-10,12,18,20H,11,13-14H2,1-3H3,(H,24,29)(H,25,26,27)/t18-,20-/m0/s1. The third-order valence-corrected chi connectivity index (χ3v) is 5.53. The highest BCUT2D eigenvalue weighted by Crippen LogP contribution is 2.35. The number of aromatic nitrogens is 3. The summed E-state index contributed by atoms with van der Waals surface area (Å²) in [6, 6.07) is 15.7. The van der Waals surface area contributed by atoms with Gasteiger partial charge in [-0.1, -0.05) is 36.4 Å². The zero-order valence-electron chi connectivity index (χ0n) is 18.0. The van der Waals surface area contributed by atoms with E-state index in [-0.39, 0.29) is 18.0 Å². The fourth-order valence-electron chi connectivity index (χ4n) is 4.10. The molecule has 8 nitrogen and oxygen atoms in total. The molecule has 1 aromatic heterocycles. The van der Waals surface area contributed by atoms with E-state index in [1.54, 1.807) is 21.1 Å². The van der Waals surface area contributed by atoms with Gasteiger partial charge in [0.25, 0.3) is 0 Å². The van der Waals surface area contributed by atoms with Gasteiger partial charge in [0.05, 0.1) is 20.3 Å². The summed E-state index contributed by atoms with van der Waals surface area (Å²) in [7, 11) is 3.29. The molecule has 2 aromatic carbocycles. The van der Waals surface area contributed by atoms with Crippen molar-refractivity contribution in [1.29, 1.82) is 0 Å². The predicted octanol–water partition coefficient (Wildman–Crippen LogP) is 2.94. The Bertz CT molecular complexity index is 1040. The van der Waals surface area contributed by atoms with Crippen LogP contribution in [0.3, 0.4) is 0 Å². The van der Waals surface area contributed by atoms with Gasteiger partial charge in [0.15, 0.2) is 5.82 Å². The molecule has 1 amide bonds. The maximum absolute atomic E-state index is 11.7. The Morgan fingerprint density at radius 1 is 1.19 bits per heavy atom. The second-order valence-corrected chi connectivity index (χ2v) is 7.67. The first kappa shape index (κ1) is 20.9. The van der Waals surface area contributed by atoms with Crippen LogP contribution in [0.15, 0.2) is 48.5 Å². The summed E-state index contributed by atoms with van der Waals surface area (Å²) in [5.41, 5.74) is 2.00. The van der Waals surface area contributed by atoms with Gasteiger partial charge in [-0.15, -0.1) is 0 Å². The molecule has 0 spiro atoms. The molecule has 1 aliphatic heterocycles. The predicted molar refractivity (Wildman–Crippen MR) is 117 cm³/mol. The third kappa shape index (κ3) is 4.69. The van der Waals surface area contributed by atoms with Gasteiger partial charge in [0.2, 0.25) is 5.91 Å². The lowest BCUT2D eigenvalue weighted by molar-refractivity contribution is -0.119. The minimum atomic E-state index is -0.0322. The molecular formula is C23H27N5O3. The Balaban J connectivity index is 1.60. The summed E-state index contributed by atoms with van der Waals surface area (Å²) < 4.78 is 10.9. The van der Waals surface area contributed by atoms with Crippen molar-refractivity contribution in [1.82, 2.24) is 25.4 Å². The summed E-state index contributed by atoms with van der Waals surface area (Å²) in [4.78, 5) is 18.7. The zero-order chi connectivity index (χ0) is 21.8. The van der Waals surface area contributed by atoms with Crippen molar-refractivity contribution in [3.05, 3.63) is 59.9 Å². The number of methoxy groups -OCH3 is 2. The Labute approximate surface area is 181 Å². The summed E-state index contributed by atoms with van der Waals surface area (Å²) in [6.45, 7) is 2.90. The highest BCUT2D eigenvalue weighted by atomic mass is 16.5. The van der Waals surface area contributed by atoms with E-state index in [9.17, 15) is 4.79 Å².